The van der Waals surface area contributed by atoms with Gasteiger partial charge in [0, 0.05) is 35.8 Å². The number of thiophene rings is 1. The van der Waals surface area contributed by atoms with Gasteiger partial charge in [0.25, 0.3) is 0 Å². The number of phenolic OH excluding ortho intramolecular Hbond substituents is 1. The third kappa shape index (κ3) is 4.14. The first-order chi connectivity index (χ1) is 23.8. The van der Waals surface area contributed by atoms with Gasteiger partial charge in [0.05, 0.1) is 43.0 Å². The maximum atomic E-state index is 15.0. The Bertz CT molecular complexity index is 2440. The number of aryl methyl sites for hydroxylation is 2. The van der Waals surface area contributed by atoms with Crippen molar-refractivity contribution in [1.82, 2.24) is 23.7 Å². The van der Waals surface area contributed by atoms with Crippen LogP contribution in [-0.2, 0) is 30.2 Å². The number of phenols is 1. The molecule has 1 saturated carbocycles. The molecular formula is C35H33ClN6O7S. The molecule has 5 heterocycles. The normalized spacial score (nSPS) is 22.8. The van der Waals surface area contributed by atoms with Crippen molar-refractivity contribution in [3.05, 3.63) is 85.2 Å². The summed E-state index contributed by atoms with van der Waals surface area (Å²) in [6.45, 7) is 3.87. The third-order valence-electron chi connectivity index (χ3n) is 10.8. The fraction of sp³-hybridized carbons (Fsp3) is 0.343. The Morgan fingerprint density at radius 1 is 1.02 bits per heavy atom. The van der Waals surface area contributed by atoms with Crippen LogP contribution in [0.4, 0.5) is 5.82 Å². The number of aromatic nitrogens is 5. The molecule has 4 unspecified atom stereocenters. The Hall–Kier alpha value is -5.08. The lowest BCUT2D eigenvalue weighted by molar-refractivity contribution is -0.129. The second kappa shape index (κ2) is 11.0. The Balaban J connectivity index is 1.31. The molecule has 3 aliphatic rings. The summed E-state index contributed by atoms with van der Waals surface area (Å²) in [5.74, 6) is -2.19. The topological polar surface area (TPSA) is 143 Å². The summed E-state index contributed by atoms with van der Waals surface area (Å²) in [6, 6.07) is 10.0. The molecule has 3 aromatic heterocycles. The third-order valence-corrected chi connectivity index (χ3v) is 12.3. The SMILES string of the molecule is COc1cc(C2C3=CCn4c(=O)n(C)c(=O)n4C3CC3C(=O)N(c4cc(-c5sc6ccc(Cl)cc6c5C)nn4C)C(=O)C32C)cc(OC)c1O. The van der Waals surface area contributed by atoms with Crippen LogP contribution in [0.25, 0.3) is 20.7 Å². The van der Waals surface area contributed by atoms with Crippen LogP contribution < -0.4 is 25.8 Å². The van der Waals surface area contributed by atoms with Gasteiger partial charge in [-0.2, -0.15) is 5.10 Å². The van der Waals surface area contributed by atoms with Crippen molar-refractivity contribution in [1.29, 1.82) is 0 Å². The molecule has 4 atom stereocenters. The van der Waals surface area contributed by atoms with Gasteiger partial charge in [-0.1, -0.05) is 17.7 Å². The molecule has 1 N–H and O–H groups in total. The van der Waals surface area contributed by atoms with Gasteiger partial charge >= 0.3 is 11.4 Å². The fourth-order valence-electron chi connectivity index (χ4n) is 8.28. The zero-order valence-electron chi connectivity index (χ0n) is 28.1. The predicted octanol–water partition coefficient (Wildman–Crippen LogP) is 4.51. The van der Waals surface area contributed by atoms with E-state index in [9.17, 15) is 19.5 Å². The maximum absolute atomic E-state index is 15.0. The molecule has 8 rings (SSSR count). The van der Waals surface area contributed by atoms with Crippen LogP contribution in [0, 0.1) is 18.3 Å². The molecule has 15 heteroatoms. The monoisotopic (exact) mass is 716 g/mol. The molecule has 2 fully saturated rings. The Labute approximate surface area is 294 Å². The Kier molecular flexibility index (Phi) is 7.05. The summed E-state index contributed by atoms with van der Waals surface area (Å²) in [6.07, 6.45) is 1.97. The molecule has 0 radical (unpaired) electrons. The number of allylic oxidation sites excluding steroid dienone is 2. The second-order valence-corrected chi connectivity index (χ2v) is 14.7. The van der Waals surface area contributed by atoms with Crippen molar-refractivity contribution in [2.45, 2.75) is 38.8 Å². The zero-order valence-corrected chi connectivity index (χ0v) is 29.6. The number of carbonyl (C=O) groups excluding carboxylic acids is 2. The Morgan fingerprint density at radius 3 is 2.40 bits per heavy atom. The van der Waals surface area contributed by atoms with Crippen molar-refractivity contribution < 1.29 is 24.2 Å². The van der Waals surface area contributed by atoms with Crippen molar-refractivity contribution in [3.63, 3.8) is 0 Å². The standard InChI is InChI=1S/C35H33ClN6O7S/c1-16-20-13-18(36)7-8-26(20)50-30(16)22-15-27(39(4)37-22)41-31(44)21-14-23-19(9-10-40-33(46)38(3)34(47)42(23)40)28(35(21,2)32(41)45)17-11-24(48-5)29(43)25(12-17)49-6/h7-9,11-13,15,21,23,28,43H,10,14H2,1-6H3. The van der Waals surface area contributed by atoms with E-state index < -0.39 is 46.5 Å². The second-order valence-electron chi connectivity index (χ2n) is 13.2. The first-order valence-electron chi connectivity index (χ1n) is 16.0. The van der Waals surface area contributed by atoms with E-state index in [1.807, 2.05) is 31.2 Å². The molecule has 5 aromatic rings. The van der Waals surface area contributed by atoms with E-state index >= 15 is 4.79 Å². The molecule has 0 bridgehead atoms. The van der Waals surface area contributed by atoms with E-state index in [0.29, 0.717) is 27.7 Å². The fourth-order valence-corrected chi connectivity index (χ4v) is 9.60. The van der Waals surface area contributed by atoms with E-state index in [0.717, 1.165) is 25.1 Å². The minimum atomic E-state index is -1.35. The molecule has 0 spiro atoms. The van der Waals surface area contributed by atoms with Gasteiger partial charge < -0.3 is 14.6 Å². The highest BCUT2D eigenvalue weighted by molar-refractivity contribution is 7.22. The molecule has 13 nitrogen and oxygen atoms in total. The van der Waals surface area contributed by atoms with Gasteiger partial charge in [0.15, 0.2) is 11.5 Å². The highest BCUT2D eigenvalue weighted by atomic mass is 35.5. The van der Waals surface area contributed by atoms with Crippen LogP contribution in [-0.4, -0.2) is 54.9 Å². The molecule has 2 aliphatic heterocycles. The average Bonchev–Trinajstić information content (AvgIpc) is 3.76. The number of imide groups is 1. The van der Waals surface area contributed by atoms with Crippen LogP contribution in [0.2, 0.25) is 5.02 Å². The largest absolute Gasteiger partial charge is 0.502 e. The number of hydrogen-bond acceptors (Lipinski definition) is 9. The molecule has 2 aromatic carbocycles. The number of fused-ring (bicyclic) bond motifs is 5. The number of carbonyl (C=O) groups is 2. The minimum absolute atomic E-state index is 0.0982. The molecule has 258 valence electrons. The smallest absolute Gasteiger partial charge is 0.347 e. The number of hydrogen-bond donors (Lipinski definition) is 1. The van der Waals surface area contributed by atoms with Gasteiger partial charge in [-0.3, -0.25) is 14.3 Å². The summed E-state index contributed by atoms with van der Waals surface area (Å²) < 4.78 is 17.4. The van der Waals surface area contributed by atoms with E-state index in [1.54, 1.807) is 43.5 Å². The lowest BCUT2D eigenvalue weighted by Gasteiger charge is -2.47. The number of methoxy groups -OCH3 is 2. The number of amides is 2. The Morgan fingerprint density at radius 2 is 1.72 bits per heavy atom. The van der Waals surface area contributed by atoms with E-state index in [1.165, 1.54) is 40.2 Å². The van der Waals surface area contributed by atoms with Crippen LogP contribution in [0.15, 0.2) is 57.6 Å². The number of aromatic hydroxyl groups is 1. The van der Waals surface area contributed by atoms with Gasteiger partial charge in [0.2, 0.25) is 17.6 Å². The van der Waals surface area contributed by atoms with Crippen molar-refractivity contribution in [2.24, 2.45) is 25.4 Å². The maximum Gasteiger partial charge on any atom is 0.347 e. The molecule has 1 saturated heterocycles. The molecule has 2 amide bonds. The first-order valence-corrected chi connectivity index (χ1v) is 17.2. The average molecular weight is 717 g/mol. The van der Waals surface area contributed by atoms with Gasteiger partial charge in [-0.15, -0.1) is 11.3 Å². The van der Waals surface area contributed by atoms with Crippen LogP contribution in [0.3, 0.4) is 0 Å². The summed E-state index contributed by atoms with van der Waals surface area (Å²) >= 11 is 7.84. The van der Waals surface area contributed by atoms with E-state index in [2.05, 4.69) is 0 Å². The predicted molar refractivity (Wildman–Crippen MR) is 187 cm³/mol. The summed E-state index contributed by atoms with van der Waals surface area (Å²) in [7, 11) is 5.93. The minimum Gasteiger partial charge on any atom is -0.502 e. The van der Waals surface area contributed by atoms with Crippen molar-refractivity contribution in [3.8, 4) is 27.8 Å². The van der Waals surface area contributed by atoms with Gasteiger partial charge in [-0.25, -0.2) is 28.4 Å². The number of nitrogens with zero attached hydrogens (tertiary/aromatic N) is 6. The highest BCUT2D eigenvalue weighted by Crippen LogP contribution is 2.62. The highest BCUT2D eigenvalue weighted by Gasteiger charge is 2.66. The first kappa shape index (κ1) is 32.1. The lowest BCUT2D eigenvalue weighted by atomic mass is 9.56. The zero-order chi connectivity index (χ0) is 35.5. The van der Waals surface area contributed by atoms with Gasteiger partial charge in [-0.05, 0) is 72.7 Å². The number of rotatable bonds is 5. The molecule has 50 heavy (non-hydrogen) atoms. The number of benzene rings is 2. The lowest BCUT2D eigenvalue weighted by Crippen LogP contribution is -2.49. The quantitative estimate of drug-likeness (QED) is 0.207. The van der Waals surface area contributed by atoms with Crippen LogP contribution >= 0.6 is 22.9 Å². The van der Waals surface area contributed by atoms with Crippen molar-refractivity contribution in [2.75, 3.05) is 19.1 Å². The molecule has 1 aliphatic carbocycles. The number of halogens is 1. The molecular weight excluding hydrogens is 684 g/mol. The van der Waals surface area contributed by atoms with E-state index in [-0.39, 0.29) is 30.2 Å². The van der Waals surface area contributed by atoms with Crippen LogP contribution in [0.1, 0.15) is 36.4 Å². The van der Waals surface area contributed by atoms with Crippen molar-refractivity contribution >= 4 is 50.7 Å². The summed E-state index contributed by atoms with van der Waals surface area (Å²) in [5.41, 5.74) is 0.523. The van der Waals surface area contributed by atoms with E-state index in [4.69, 9.17) is 26.2 Å². The number of ether oxygens (including phenoxy) is 2. The number of anilines is 1. The van der Waals surface area contributed by atoms with Crippen LogP contribution in [0.5, 0.6) is 17.2 Å². The van der Waals surface area contributed by atoms with Gasteiger partial charge in [0.1, 0.15) is 11.5 Å². The summed E-state index contributed by atoms with van der Waals surface area (Å²) in [4.78, 5) is 58.3. The summed E-state index contributed by atoms with van der Waals surface area (Å²) in [5, 5.41) is 17.2.